The van der Waals surface area contributed by atoms with Crippen molar-refractivity contribution in [1.82, 2.24) is 0 Å². The van der Waals surface area contributed by atoms with Crippen LogP contribution >= 0.6 is 0 Å². The molecule has 0 amide bonds. The molecule has 0 unspecified atom stereocenters. The van der Waals surface area contributed by atoms with Crippen LogP contribution in [0.2, 0.25) is 0 Å². The Morgan fingerprint density at radius 2 is 1.05 bits per heavy atom. The van der Waals surface area contributed by atoms with Gasteiger partial charge in [0.1, 0.15) is 11.6 Å². The summed E-state index contributed by atoms with van der Waals surface area (Å²) in [6.45, 7) is 4.49. The summed E-state index contributed by atoms with van der Waals surface area (Å²) in [7, 11) is 0. The quantitative estimate of drug-likeness (QED) is 0.188. The van der Waals surface area contributed by atoms with Gasteiger partial charge in [0.05, 0.1) is 0 Å². The Balaban J connectivity index is 1.05. The third-order valence-electron chi connectivity index (χ3n) is 12.3. The van der Waals surface area contributed by atoms with Crippen molar-refractivity contribution in [2.24, 2.45) is 17.8 Å². The molecule has 0 spiro atoms. The van der Waals surface area contributed by atoms with E-state index in [1.54, 1.807) is 6.07 Å². The van der Waals surface area contributed by atoms with Crippen LogP contribution in [0.5, 0.6) is 0 Å². The highest BCUT2D eigenvalue weighted by Crippen LogP contribution is 2.46. The van der Waals surface area contributed by atoms with Gasteiger partial charge in [0, 0.05) is 0 Å². The molecule has 0 radical (unpaired) electrons. The molecular formula is C42H62F2. The second-order valence-electron chi connectivity index (χ2n) is 15.2. The van der Waals surface area contributed by atoms with Crippen LogP contribution in [-0.4, -0.2) is 0 Å². The van der Waals surface area contributed by atoms with E-state index in [2.05, 4.69) is 32.0 Å². The van der Waals surface area contributed by atoms with Gasteiger partial charge in [0.15, 0.2) is 0 Å². The molecular weight excluding hydrogens is 542 g/mol. The summed E-state index contributed by atoms with van der Waals surface area (Å²) in [6.07, 6.45) is 27.8. The molecule has 0 aliphatic heterocycles. The highest BCUT2D eigenvalue weighted by atomic mass is 19.1. The maximum atomic E-state index is 15.5. The average molecular weight is 605 g/mol. The van der Waals surface area contributed by atoms with Gasteiger partial charge in [0.25, 0.3) is 0 Å². The Hall–Kier alpha value is -1.70. The SMILES string of the molecule is CCCCCCCC1CCC(C2CCC(c3ccc(C4CCC(c5ccc(CCCCC)c(F)c5)CC4)c(F)c3)CC2)CC1. The molecule has 5 rings (SSSR count). The van der Waals surface area contributed by atoms with E-state index in [9.17, 15) is 4.39 Å². The molecule has 0 atom stereocenters. The number of hydrogen-bond donors (Lipinski definition) is 0. The molecule has 0 N–H and O–H groups in total. The van der Waals surface area contributed by atoms with E-state index >= 15 is 4.39 Å². The van der Waals surface area contributed by atoms with Gasteiger partial charge in [0.2, 0.25) is 0 Å². The van der Waals surface area contributed by atoms with Crippen molar-refractivity contribution >= 4 is 0 Å². The van der Waals surface area contributed by atoms with E-state index in [0.717, 1.165) is 85.8 Å². The normalized spacial score (nSPS) is 27.8. The fraction of sp³-hybridized carbons (Fsp3) is 0.714. The lowest BCUT2D eigenvalue weighted by molar-refractivity contribution is 0.155. The summed E-state index contributed by atoms with van der Waals surface area (Å²) < 4.78 is 30.3. The monoisotopic (exact) mass is 604 g/mol. The predicted octanol–water partition coefficient (Wildman–Crippen LogP) is 13.6. The molecule has 0 saturated heterocycles. The van der Waals surface area contributed by atoms with Crippen molar-refractivity contribution < 1.29 is 8.78 Å². The Morgan fingerprint density at radius 3 is 1.66 bits per heavy atom. The zero-order chi connectivity index (χ0) is 30.7. The largest absolute Gasteiger partial charge is 0.207 e. The van der Waals surface area contributed by atoms with Gasteiger partial charge in [-0.3, -0.25) is 0 Å². The molecule has 3 aliphatic carbocycles. The fourth-order valence-electron chi connectivity index (χ4n) is 9.36. The van der Waals surface area contributed by atoms with Gasteiger partial charge in [-0.15, -0.1) is 0 Å². The number of aryl methyl sites for hydroxylation is 1. The Bertz CT molecular complexity index is 1110. The zero-order valence-corrected chi connectivity index (χ0v) is 28.2. The molecule has 2 heteroatoms. The van der Waals surface area contributed by atoms with Crippen LogP contribution in [0.25, 0.3) is 0 Å². The topological polar surface area (TPSA) is 0 Å². The van der Waals surface area contributed by atoms with Crippen LogP contribution in [-0.2, 0) is 6.42 Å². The van der Waals surface area contributed by atoms with E-state index in [0.29, 0.717) is 17.8 Å². The van der Waals surface area contributed by atoms with Gasteiger partial charge in [-0.2, -0.15) is 0 Å². The number of unbranched alkanes of at least 4 members (excludes halogenated alkanes) is 6. The van der Waals surface area contributed by atoms with Crippen molar-refractivity contribution in [3.8, 4) is 0 Å². The molecule has 0 aromatic heterocycles. The summed E-state index contributed by atoms with van der Waals surface area (Å²) in [4.78, 5) is 0. The highest BCUT2D eigenvalue weighted by molar-refractivity contribution is 5.32. The third kappa shape index (κ3) is 9.19. The minimum atomic E-state index is -0.0349. The molecule has 2 aromatic rings. The molecule has 3 fully saturated rings. The van der Waals surface area contributed by atoms with E-state index < -0.39 is 0 Å². The van der Waals surface area contributed by atoms with E-state index in [1.807, 2.05) is 12.1 Å². The standard InChI is InChI=1S/C42H62F2/c1-3-5-7-8-10-11-31-13-15-32(16-14-31)33-17-19-34(20-18-33)39-27-28-40(42(44)30-39)36-23-21-35(22-24-36)38-26-25-37(41(43)29-38)12-9-6-4-2/h25-36H,3-24H2,1-2H3. The smallest absolute Gasteiger partial charge is 0.126 e. The Kier molecular flexibility index (Phi) is 13.2. The van der Waals surface area contributed by atoms with Crippen molar-refractivity contribution in [1.29, 1.82) is 0 Å². The van der Waals surface area contributed by atoms with E-state index in [1.165, 1.54) is 95.5 Å². The average Bonchev–Trinajstić information content (AvgIpc) is 3.06. The first-order valence-electron chi connectivity index (χ1n) is 19.1. The van der Waals surface area contributed by atoms with E-state index in [4.69, 9.17) is 0 Å². The van der Waals surface area contributed by atoms with Crippen molar-refractivity contribution in [2.45, 2.75) is 173 Å². The first-order valence-corrected chi connectivity index (χ1v) is 19.1. The Labute approximate surface area is 269 Å². The zero-order valence-electron chi connectivity index (χ0n) is 28.2. The van der Waals surface area contributed by atoms with Crippen molar-refractivity contribution in [3.63, 3.8) is 0 Å². The summed E-state index contributed by atoms with van der Waals surface area (Å²) in [5, 5.41) is 0. The van der Waals surface area contributed by atoms with E-state index in [-0.39, 0.29) is 11.6 Å². The van der Waals surface area contributed by atoms with Crippen LogP contribution in [0, 0.1) is 29.4 Å². The van der Waals surface area contributed by atoms with Gasteiger partial charge in [-0.25, -0.2) is 8.78 Å². The lowest BCUT2D eigenvalue weighted by atomic mass is 9.68. The molecule has 0 bridgehead atoms. The molecule has 3 saturated carbocycles. The first-order chi connectivity index (χ1) is 21.6. The predicted molar refractivity (Wildman–Crippen MR) is 184 cm³/mol. The van der Waals surface area contributed by atoms with Crippen molar-refractivity contribution in [3.05, 3.63) is 70.3 Å². The maximum Gasteiger partial charge on any atom is 0.126 e. The highest BCUT2D eigenvalue weighted by Gasteiger charge is 2.32. The minimum absolute atomic E-state index is 0.0172. The minimum Gasteiger partial charge on any atom is -0.207 e. The van der Waals surface area contributed by atoms with Crippen molar-refractivity contribution in [2.75, 3.05) is 0 Å². The molecule has 2 aromatic carbocycles. The van der Waals surface area contributed by atoms with Gasteiger partial charge in [-0.05, 0) is 147 Å². The lowest BCUT2D eigenvalue weighted by Gasteiger charge is -2.38. The second kappa shape index (κ2) is 17.3. The second-order valence-corrected chi connectivity index (χ2v) is 15.2. The van der Waals surface area contributed by atoms with Gasteiger partial charge >= 0.3 is 0 Å². The first kappa shape index (κ1) is 33.7. The Morgan fingerprint density at radius 1 is 0.523 bits per heavy atom. The van der Waals surface area contributed by atoms with Gasteiger partial charge in [-0.1, -0.05) is 102 Å². The molecule has 44 heavy (non-hydrogen) atoms. The third-order valence-corrected chi connectivity index (χ3v) is 12.3. The number of rotatable bonds is 14. The molecule has 244 valence electrons. The number of hydrogen-bond acceptors (Lipinski definition) is 0. The van der Waals surface area contributed by atoms with Crippen LogP contribution in [0.3, 0.4) is 0 Å². The summed E-state index contributed by atoms with van der Waals surface area (Å²) in [6, 6.07) is 12.2. The maximum absolute atomic E-state index is 15.5. The molecule has 3 aliphatic rings. The van der Waals surface area contributed by atoms with Crippen LogP contribution in [0.4, 0.5) is 8.78 Å². The summed E-state index contributed by atoms with van der Waals surface area (Å²) in [5.41, 5.74) is 4.15. The lowest BCUT2D eigenvalue weighted by Crippen LogP contribution is -2.25. The van der Waals surface area contributed by atoms with Crippen LogP contribution in [0.1, 0.15) is 189 Å². The summed E-state index contributed by atoms with van der Waals surface area (Å²) >= 11 is 0. The number of halogens is 2. The fourth-order valence-corrected chi connectivity index (χ4v) is 9.36. The number of benzene rings is 2. The van der Waals surface area contributed by atoms with Crippen LogP contribution < -0.4 is 0 Å². The molecule has 0 nitrogen and oxygen atoms in total. The summed E-state index contributed by atoms with van der Waals surface area (Å²) in [5.74, 6) is 4.05. The van der Waals surface area contributed by atoms with Crippen LogP contribution in [0.15, 0.2) is 36.4 Å². The van der Waals surface area contributed by atoms with Gasteiger partial charge < -0.3 is 0 Å². The molecule has 0 heterocycles.